The van der Waals surface area contributed by atoms with Gasteiger partial charge in [-0.25, -0.2) is 4.79 Å². The predicted octanol–water partition coefficient (Wildman–Crippen LogP) is 1.67. The lowest BCUT2D eigenvalue weighted by molar-refractivity contribution is -0.139. The highest BCUT2D eigenvalue weighted by molar-refractivity contribution is 7.98. The average Bonchev–Trinajstić information content (AvgIpc) is 2.33. The Labute approximate surface area is 114 Å². The molecule has 0 aliphatic rings. The summed E-state index contributed by atoms with van der Waals surface area (Å²) in [7, 11) is 0. The van der Waals surface area contributed by atoms with Gasteiger partial charge in [0.2, 0.25) is 0 Å². The Morgan fingerprint density at radius 3 is 2.89 bits per heavy atom. The zero-order chi connectivity index (χ0) is 13.5. The maximum absolute atomic E-state index is 11.8. The first-order valence-corrected chi connectivity index (χ1v) is 6.96. The van der Waals surface area contributed by atoms with Crippen LogP contribution in [0, 0.1) is 0 Å². The number of halogens is 1. The van der Waals surface area contributed by atoms with E-state index in [1.165, 1.54) is 24.0 Å². The molecule has 0 saturated heterocycles. The highest BCUT2D eigenvalue weighted by Gasteiger charge is 2.20. The molecule has 1 atom stereocenters. The standard InChI is InChI=1S/C11H13ClN2O3S/c1-18-5-3-8(11(16)17)14-10(15)9-6-7(12)2-4-13-9/h2,4,6,8H,3,5H2,1H3,(H,14,15)(H,16,17). The van der Waals surface area contributed by atoms with E-state index in [9.17, 15) is 9.59 Å². The topological polar surface area (TPSA) is 79.3 Å². The summed E-state index contributed by atoms with van der Waals surface area (Å²) in [5.41, 5.74) is 0.109. The number of rotatable bonds is 6. The number of nitrogens with one attached hydrogen (secondary N) is 1. The highest BCUT2D eigenvalue weighted by Crippen LogP contribution is 2.08. The van der Waals surface area contributed by atoms with Crippen molar-refractivity contribution in [2.24, 2.45) is 0 Å². The van der Waals surface area contributed by atoms with Gasteiger partial charge in [-0.05, 0) is 30.6 Å². The molecule has 5 nitrogen and oxygen atoms in total. The van der Waals surface area contributed by atoms with Crippen molar-refractivity contribution in [2.75, 3.05) is 12.0 Å². The van der Waals surface area contributed by atoms with Gasteiger partial charge in [-0.15, -0.1) is 0 Å². The number of carbonyl (C=O) groups is 2. The van der Waals surface area contributed by atoms with Gasteiger partial charge in [0, 0.05) is 11.2 Å². The maximum atomic E-state index is 11.8. The Kier molecular flexibility index (Phi) is 5.94. The fourth-order valence-electron chi connectivity index (χ4n) is 1.25. The fourth-order valence-corrected chi connectivity index (χ4v) is 1.89. The van der Waals surface area contributed by atoms with Gasteiger partial charge in [0.1, 0.15) is 11.7 Å². The number of carbonyl (C=O) groups excluding carboxylic acids is 1. The van der Waals surface area contributed by atoms with Crippen LogP contribution in [0.25, 0.3) is 0 Å². The largest absolute Gasteiger partial charge is 0.480 e. The summed E-state index contributed by atoms with van der Waals surface area (Å²) < 4.78 is 0. The van der Waals surface area contributed by atoms with Gasteiger partial charge in [0.05, 0.1) is 0 Å². The van der Waals surface area contributed by atoms with Crippen molar-refractivity contribution in [2.45, 2.75) is 12.5 Å². The molecule has 0 aliphatic heterocycles. The van der Waals surface area contributed by atoms with Crippen molar-refractivity contribution >= 4 is 35.2 Å². The average molecular weight is 289 g/mol. The number of aromatic nitrogens is 1. The minimum Gasteiger partial charge on any atom is -0.480 e. The van der Waals surface area contributed by atoms with E-state index in [2.05, 4.69) is 10.3 Å². The van der Waals surface area contributed by atoms with Gasteiger partial charge in [0.25, 0.3) is 5.91 Å². The molecule has 0 radical (unpaired) electrons. The minimum atomic E-state index is -1.06. The van der Waals surface area contributed by atoms with Crippen LogP contribution in [0.3, 0.4) is 0 Å². The Bertz CT molecular complexity index is 442. The molecule has 0 aromatic carbocycles. The van der Waals surface area contributed by atoms with E-state index in [-0.39, 0.29) is 5.69 Å². The Balaban J connectivity index is 2.69. The third-order valence-corrected chi connectivity index (χ3v) is 3.05. The van der Waals surface area contributed by atoms with Gasteiger partial charge >= 0.3 is 5.97 Å². The summed E-state index contributed by atoms with van der Waals surface area (Å²) in [6.07, 6.45) is 3.64. The maximum Gasteiger partial charge on any atom is 0.326 e. The zero-order valence-corrected chi connectivity index (χ0v) is 11.3. The monoisotopic (exact) mass is 288 g/mol. The van der Waals surface area contributed by atoms with E-state index in [0.717, 1.165) is 0 Å². The molecule has 98 valence electrons. The molecule has 1 unspecified atom stereocenters. The highest BCUT2D eigenvalue weighted by atomic mass is 35.5. The van der Waals surface area contributed by atoms with E-state index in [1.807, 2.05) is 6.26 Å². The van der Waals surface area contributed by atoms with Crippen LogP contribution >= 0.6 is 23.4 Å². The van der Waals surface area contributed by atoms with E-state index in [4.69, 9.17) is 16.7 Å². The van der Waals surface area contributed by atoms with Gasteiger partial charge in [-0.3, -0.25) is 9.78 Å². The molecule has 1 rings (SSSR count). The molecule has 2 N–H and O–H groups in total. The zero-order valence-electron chi connectivity index (χ0n) is 9.72. The number of hydrogen-bond acceptors (Lipinski definition) is 4. The van der Waals surface area contributed by atoms with Gasteiger partial charge in [-0.1, -0.05) is 11.6 Å². The van der Waals surface area contributed by atoms with Gasteiger partial charge in [-0.2, -0.15) is 11.8 Å². The Morgan fingerprint density at radius 1 is 1.61 bits per heavy atom. The van der Waals surface area contributed by atoms with E-state index >= 15 is 0 Å². The first-order valence-electron chi connectivity index (χ1n) is 5.18. The second-order valence-electron chi connectivity index (χ2n) is 3.51. The molecule has 1 heterocycles. The lowest BCUT2D eigenvalue weighted by Crippen LogP contribution is -2.41. The second-order valence-corrected chi connectivity index (χ2v) is 4.93. The third kappa shape index (κ3) is 4.54. The molecule has 0 saturated carbocycles. The summed E-state index contributed by atoms with van der Waals surface area (Å²) in [6, 6.07) is 2.02. The number of nitrogens with zero attached hydrogens (tertiary/aromatic N) is 1. The quantitative estimate of drug-likeness (QED) is 0.832. The predicted molar refractivity (Wildman–Crippen MR) is 71.1 cm³/mol. The molecule has 0 fully saturated rings. The molecule has 1 aromatic rings. The van der Waals surface area contributed by atoms with Gasteiger partial charge < -0.3 is 10.4 Å². The van der Waals surface area contributed by atoms with Crippen LogP contribution in [-0.4, -0.2) is 40.0 Å². The molecule has 7 heteroatoms. The summed E-state index contributed by atoms with van der Waals surface area (Å²) in [5.74, 6) is -0.939. The minimum absolute atomic E-state index is 0.109. The first-order chi connectivity index (χ1) is 8.54. The van der Waals surface area contributed by atoms with Crippen molar-refractivity contribution in [1.29, 1.82) is 0 Å². The number of thioether (sulfide) groups is 1. The number of aliphatic carboxylic acids is 1. The van der Waals surface area contributed by atoms with Crippen LogP contribution in [0.1, 0.15) is 16.9 Å². The summed E-state index contributed by atoms with van der Waals surface area (Å²) in [4.78, 5) is 26.6. The molecule has 0 spiro atoms. The van der Waals surface area contributed by atoms with Crippen molar-refractivity contribution in [3.63, 3.8) is 0 Å². The number of carboxylic acids is 1. The molecule has 18 heavy (non-hydrogen) atoms. The van der Waals surface area contributed by atoms with E-state index in [0.29, 0.717) is 17.2 Å². The lowest BCUT2D eigenvalue weighted by atomic mass is 10.2. The van der Waals surface area contributed by atoms with E-state index in [1.54, 1.807) is 6.07 Å². The Morgan fingerprint density at radius 2 is 2.33 bits per heavy atom. The van der Waals surface area contributed by atoms with Gasteiger partial charge in [0.15, 0.2) is 0 Å². The number of hydrogen-bond donors (Lipinski definition) is 2. The summed E-state index contributed by atoms with van der Waals surface area (Å²) in [6.45, 7) is 0. The normalized spacial score (nSPS) is 11.9. The fraction of sp³-hybridized carbons (Fsp3) is 0.364. The second kappa shape index (κ2) is 7.23. The number of carboxylic acid groups (broad SMARTS) is 1. The molecule has 1 aromatic heterocycles. The van der Waals surface area contributed by atoms with Crippen molar-refractivity contribution in [3.05, 3.63) is 29.0 Å². The van der Waals surface area contributed by atoms with Crippen molar-refractivity contribution < 1.29 is 14.7 Å². The number of amides is 1. The van der Waals surface area contributed by atoms with E-state index < -0.39 is 17.9 Å². The van der Waals surface area contributed by atoms with Crippen molar-refractivity contribution in [1.82, 2.24) is 10.3 Å². The van der Waals surface area contributed by atoms with Crippen molar-refractivity contribution in [3.8, 4) is 0 Å². The summed E-state index contributed by atoms with van der Waals surface area (Å²) >= 11 is 7.25. The molecule has 1 amide bonds. The van der Waals surface area contributed by atoms with Crippen LogP contribution in [0.4, 0.5) is 0 Å². The van der Waals surface area contributed by atoms with Crippen LogP contribution < -0.4 is 5.32 Å². The van der Waals surface area contributed by atoms with Crippen LogP contribution in [0.15, 0.2) is 18.3 Å². The summed E-state index contributed by atoms with van der Waals surface area (Å²) in [5, 5.41) is 11.8. The molecule has 0 bridgehead atoms. The Hall–Kier alpha value is -1.27. The number of pyridine rings is 1. The van der Waals surface area contributed by atoms with Crippen LogP contribution in [0.5, 0.6) is 0 Å². The molecular formula is C11H13ClN2O3S. The third-order valence-electron chi connectivity index (χ3n) is 2.17. The SMILES string of the molecule is CSCCC(NC(=O)c1cc(Cl)ccn1)C(=O)O. The smallest absolute Gasteiger partial charge is 0.326 e. The molecule has 0 aliphatic carbocycles. The lowest BCUT2D eigenvalue weighted by Gasteiger charge is -2.13. The first kappa shape index (κ1) is 14.8. The van der Waals surface area contributed by atoms with Crippen LogP contribution in [0.2, 0.25) is 5.02 Å². The van der Waals surface area contributed by atoms with Crippen LogP contribution in [-0.2, 0) is 4.79 Å². The molecular weight excluding hydrogens is 276 g/mol.